The van der Waals surface area contributed by atoms with Gasteiger partial charge >= 0.3 is 12.1 Å². The highest BCUT2D eigenvalue weighted by Gasteiger charge is 2.40. The molecule has 1 aliphatic rings. The fourth-order valence-corrected chi connectivity index (χ4v) is 3.02. The molecule has 3 amide bonds. The van der Waals surface area contributed by atoms with E-state index < -0.39 is 35.5 Å². The van der Waals surface area contributed by atoms with Crippen LogP contribution in [0.25, 0.3) is 0 Å². The smallest absolute Gasteiger partial charge is 0.408 e. The minimum Gasteiger partial charge on any atom is -0.494 e. The Kier molecular flexibility index (Phi) is 6.47. The molecule has 0 radical (unpaired) electrons. The van der Waals surface area contributed by atoms with Gasteiger partial charge in [0, 0.05) is 0 Å². The first-order valence-corrected chi connectivity index (χ1v) is 10.0. The van der Waals surface area contributed by atoms with Crippen LogP contribution in [0.1, 0.15) is 60.0 Å². The molecular formula is C23H24N2O7. The number of imide groups is 1. The number of benzene rings is 2. The summed E-state index contributed by atoms with van der Waals surface area (Å²) in [5.74, 6) is -1.99. The van der Waals surface area contributed by atoms with Crippen LogP contribution in [0.5, 0.6) is 5.75 Å². The Morgan fingerprint density at radius 2 is 1.53 bits per heavy atom. The van der Waals surface area contributed by atoms with Gasteiger partial charge in [-0.3, -0.25) is 9.59 Å². The summed E-state index contributed by atoms with van der Waals surface area (Å²) in [5.41, 5.74) is -0.202. The van der Waals surface area contributed by atoms with E-state index in [0.29, 0.717) is 23.0 Å². The lowest BCUT2D eigenvalue weighted by molar-refractivity contribution is -0.171. The molecule has 32 heavy (non-hydrogen) atoms. The number of carbonyl (C=O) groups excluding carboxylic acids is 4. The molecule has 9 nitrogen and oxygen atoms in total. The number of fused-ring (bicyclic) bond motifs is 1. The van der Waals surface area contributed by atoms with Crippen LogP contribution in [0.4, 0.5) is 4.79 Å². The SMILES string of the molecule is CCOc1ccc(C(NC(=O)OC(C)(C)C)C(=O)ON2C(=O)c3ccccc3C2=O)cc1. The van der Waals surface area contributed by atoms with E-state index in [1.165, 1.54) is 12.1 Å². The quantitative estimate of drug-likeness (QED) is 0.685. The maximum Gasteiger partial charge on any atom is 0.408 e. The fraction of sp³-hybridized carbons (Fsp3) is 0.304. The van der Waals surface area contributed by atoms with E-state index in [2.05, 4.69) is 5.32 Å². The van der Waals surface area contributed by atoms with Crippen LogP contribution in [0.3, 0.4) is 0 Å². The van der Waals surface area contributed by atoms with Gasteiger partial charge in [0.2, 0.25) is 0 Å². The lowest BCUT2D eigenvalue weighted by Crippen LogP contribution is -2.42. The Hall–Kier alpha value is -3.88. The molecule has 1 heterocycles. The zero-order valence-electron chi connectivity index (χ0n) is 18.2. The fourth-order valence-electron chi connectivity index (χ4n) is 3.02. The summed E-state index contributed by atoms with van der Waals surface area (Å²) < 4.78 is 10.6. The number of nitrogens with one attached hydrogen (secondary N) is 1. The zero-order chi connectivity index (χ0) is 23.5. The van der Waals surface area contributed by atoms with Crippen LogP contribution in [-0.4, -0.2) is 41.1 Å². The number of rotatable bonds is 6. The average molecular weight is 440 g/mol. The van der Waals surface area contributed by atoms with Gasteiger partial charge in [0.25, 0.3) is 11.8 Å². The van der Waals surface area contributed by atoms with Gasteiger partial charge in [-0.05, 0) is 57.5 Å². The van der Waals surface area contributed by atoms with E-state index in [-0.39, 0.29) is 11.1 Å². The molecule has 0 bridgehead atoms. The third kappa shape index (κ3) is 5.05. The molecule has 168 valence electrons. The van der Waals surface area contributed by atoms with Crippen molar-refractivity contribution in [1.82, 2.24) is 10.4 Å². The summed E-state index contributed by atoms with van der Waals surface area (Å²) >= 11 is 0. The van der Waals surface area contributed by atoms with Crippen molar-refractivity contribution >= 4 is 23.9 Å². The van der Waals surface area contributed by atoms with Crippen molar-refractivity contribution in [2.75, 3.05) is 6.61 Å². The maximum atomic E-state index is 13.0. The third-order valence-electron chi connectivity index (χ3n) is 4.36. The molecule has 1 aliphatic heterocycles. The third-order valence-corrected chi connectivity index (χ3v) is 4.36. The predicted octanol–water partition coefficient (Wildman–Crippen LogP) is 3.41. The van der Waals surface area contributed by atoms with E-state index >= 15 is 0 Å². The molecule has 1 unspecified atom stereocenters. The molecule has 1 atom stereocenters. The zero-order valence-corrected chi connectivity index (χ0v) is 18.2. The van der Waals surface area contributed by atoms with E-state index in [1.54, 1.807) is 57.2 Å². The van der Waals surface area contributed by atoms with Gasteiger partial charge in [0.1, 0.15) is 11.4 Å². The van der Waals surface area contributed by atoms with Gasteiger partial charge < -0.3 is 19.6 Å². The summed E-state index contributed by atoms with van der Waals surface area (Å²) in [5, 5.41) is 2.83. The molecule has 0 aliphatic carbocycles. The van der Waals surface area contributed by atoms with Crippen LogP contribution < -0.4 is 10.1 Å². The standard InChI is InChI=1S/C23H24N2O7/c1-5-30-15-12-10-14(11-13-15)18(24-22(29)31-23(2,3)4)21(28)32-25-19(26)16-8-6-7-9-17(16)20(25)27/h6-13,18H,5H2,1-4H3,(H,24,29). The lowest BCUT2D eigenvalue weighted by Gasteiger charge is -2.24. The van der Waals surface area contributed by atoms with Crippen molar-refractivity contribution in [2.24, 2.45) is 0 Å². The average Bonchev–Trinajstić information content (AvgIpc) is 2.97. The highest BCUT2D eigenvalue weighted by atomic mass is 16.7. The molecule has 0 saturated heterocycles. The van der Waals surface area contributed by atoms with Crippen molar-refractivity contribution in [1.29, 1.82) is 0 Å². The Morgan fingerprint density at radius 1 is 0.969 bits per heavy atom. The second-order valence-corrected chi connectivity index (χ2v) is 7.94. The van der Waals surface area contributed by atoms with E-state index in [4.69, 9.17) is 14.3 Å². The maximum absolute atomic E-state index is 13.0. The van der Waals surface area contributed by atoms with Crippen LogP contribution in [0, 0.1) is 0 Å². The van der Waals surface area contributed by atoms with Crippen molar-refractivity contribution in [2.45, 2.75) is 39.3 Å². The number of hydrogen-bond acceptors (Lipinski definition) is 7. The number of hydrogen-bond donors (Lipinski definition) is 1. The van der Waals surface area contributed by atoms with Crippen LogP contribution in [0.15, 0.2) is 48.5 Å². The first-order valence-electron chi connectivity index (χ1n) is 10.0. The van der Waals surface area contributed by atoms with E-state index in [9.17, 15) is 19.2 Å². The number of carbonyl (C=O) groups is 4. The predicted molar refractivity (Wildman–Crippen MR) is 113 cm³/mol. The van der Waals surface area contributed by atoms with Crippen molar-refractivity contribution in [3.63, 3.8) is 0 Å². The van der Waals surface area contributed by atoms with Crippen molar-refractivity contribution < 1.29 is 33.5 Å². The number of nitrogens with zero attached hydrogens (tertiary/aromatic N) is 1. The Labute approximate surface area is 185 Å². The minimum atomic E-state index is -1.34. The van der Waals surface area contributed by atoms with Gasteiger partial charge in [-0.2, -0.15) is 0 Å². The molecule has 1 N–H and O–H groups in total. The van der Waals surface area contributed by atoms with Gasteiger partial charge in [0.15, 0.2) is 6.04 Å². The van der Waals surface area contributed by atoms with Gasteiger partial charge in [-0.1, -0.05) is 29.3 Å². The van der Waals surface area contributed by atoms with Gasteiger partial charge in [-0.15, -0.1) is 0 Å². The number of ether oxygens (including phenoxy) is 2. The molecule has 0 spiro atoms. The summed E-state index contributed by atoms with van der Waals surface area (Å²) in [7, 11) is 0. The topological polar surface area (TPSA) is 111 Å². The second kappa shape index (κ2) is 9.09. The van der Waals surface area contributed by atoms with Crippen LogP contribution >= 0.6 is 0 Å². The number of amides is 3. The lowest BCUT2D eigenvalue weighted by atomic mass is 10.1. The molecule has 3 rings (SSSR count). The molecular weight excluding hydrogens is 416 g/mol. The largest absolute Gasteiger partial charge is 0.494 e. The molecule has 2 aromatic carbocycles. The first-order chi connectivity index (χ1) is 15.1. The summed E-state index contributed by atoms with van der Waals surface area (Å²) in [6, 6.07) is 11.2. The normalized spacial score (nSPS) is 13.9. The Bertz CT molecular complexity index is 1010. The summed E-state index contributed by atoms with van der Waals surface area (Å²) in [4.78, 5) is 55.5. The summed E-state index contributed by atoms with van der Waals surface area (Å²) in [6.07, 6.45) is -0.865. The highest BCUT2D eigenvalue weighted by Crippen LogP contribution is 2.25. The molecule has 9 heteroatoms. The van der Waals surface area contributed by atoms with Crippen LogP contribution in [0.2, 0.25) is 0 Å². The van der Waals surface area contributed by atoms with Crippen molar-refractivity contribution in [3.05, 3.63) is 65.2 Å². The molecule has 2 aromatic rings. The second-order valence-electron chi connectivity index (χ2n) is 7.94. The van der Waals surface area contributed by atoms with E-state index in [1.807, 2.05) is 6.92 Å². The Morgan fingerprint density at radius 3 is 2.03 bits per heavy atom. The molecule has 0 saturated carbocycles. The summed E-state index contributed by atoms with van der Waals surface area (Å²) in [6.45, 7) is 7.32. The highest BCUT2D eigenvalue weighted by molar-refractivity contribution is 6.20. The molecule has 0 aromatic heterocycles. The van der Waals surface area contributed by atoms with Gasteiger partial charge in [-0.25, -0.2) is 9.59 Å². The minimum absolute atomic E-state index is 0.128. The number of alkyl carbamates (subject to hydrolysis) is 1. The first kappa shape index (κ1) is 22.8. The van der Waals surface area contributed by atoms with Crippen molar-refractivity contribution in [3.8, 4) is 5.75 Å². The van der Waals surface area contributed by atoms with Crippen LogP contribution in [-0.2, 0) is 14.4 Å². The monoisotopic (exact) mass is 440 g/mol. The molecule has 0 fully saturated rings. The van der Waals surface area contributed by atoms with Gasteiger partial charge in [0.05, 0.1) is 17.7 Å². The van der Waals surface area contributed by atoms with E-state index in [0.717, 1.165) is 0 Å². The number of hydroxylamine groups is 2. The Balaban J connectivity index is 1.84.